The molecule has 5 nitrogen and oxygen atoms in total. The number of nitrogens with zero attached hydrogens (tertiary/aromatic N) is 1. The smallest absolute Gasteiger partial charge is 0.349 e. The van der Waals surface area contributed by atoms with Gasteiger partial charge >= 0.3 is 5.97 Å². The van der Waals surface area contributed by atoms with Gasteiger partial charge in [0.05, 0.1) is 13.2 Å². The quantitative estimate of drug-likeness (QED) is 0.422. The number of benzene rings is 2. The third kappa shape index (κ3) is 5.38. The minimum atomic E-state index is -0.529. The molecule has 0 bridgehead atoms. The van der Waals surface area contributed by atoms with Crippen molar-refractivity contribution in [3.63, 3.8) is 0 Å². The van der Waals surface area contributed by atoms with Crippen LogP contribution in [0.25, 0.3) is 6.08 Å². The fourth-order valence-electron chi connectivity index (χ4n) is 2.26. The minimum Gasteiger partial charge on any atom is -0.493 e. The molecule has 0 radical (unpaired) electrons. The second-order valence-corrected chi connectivity index (χ2v) is 5.86. The second-order valence-electron chi connectivity index (χ2n) is 5.86. The van der Waals surface area contributed by atoms with Crippen LogP contribution in [0.15, 0.2) is 48.5 Å². The summed E-state index contributed by atoms with van der Waals surface area (Å²) in [5.74, 6) is 1.17. The van der Waals surface area contributed by atoms with Gasteiger partial charge in [0.25, 0.3) is 0 Å². The summed E-state index contributed by atoms with van der Waals surface area (Å²) in [6.07, 6.45) is 3.00. The van der Waals surface area contributed by atoms with Gasteiger partial charge in [-0.1, -0.05) is 32.0 Å². The Balaban J connectivity index is 2.00. The van der Waals surface area contributed by atoms with E-state index in [1.165, 1.54) is 13.2 Å². The predicted octanol–water partition coefficient (Wildman–Crippen LogP) is 4.34. The first-order valence-electron chi connectivity index (χ1n) is 8.21. The lowest BCUT2D eigenvalue weighted by Crippen LogP contribution is -2.18. The molecule has 0 heterocycles. The number of carbonyl (C=O) groups is 1. The van der Waals surface area contributed by atoms with Gasteiger partial charge < -0.3 is 14.2 Å². The Labute approximate surface area is 153 Å². The summed E-state index contributed by atoms with van der Waals surface area (Å²) in [5.41, 5.74) is 1.91. The second kappa shape index (κ2) is 9.28. The number of rotatable bonds is 7. The summed E-state index contributed by atoms with van der Waals surface area (Å²) in [5, 5.41) is 8.58. The van der Waals surface area contributed by atoms with Crippen LogP contribution >= 0.6 is 0 Å². The van der Waals surface area contributed by atoms with Crippen molar-refractivity contribution in [3.8, 4) is 23.3 Å². The Morgan fingerprint density at radius 1 is 1.19 bits per heavy atom. The van der Waals surface area contributed by atoms with Crippen molar-refractivity contribution < 1.29 is 19.0 Å². The normalized spacial score (nSPS) is 10.6. The molecule has 0 aliphatic carbocycles. The zero-order chi connectivity index (χ0) is 18.9. The van der Waals surface area contributed by atoms with Crippen LogP contribution in [0, 0.1) is 11.3 Å². The summed E-state index contributed by atoms with van der Waals surface area (Å²) in [4.78, 5) is 12.1. The largest absolute Gasteiger partial charge is 0.493 e. The first-order valence-corrected chi connectivity index (χ1v) is 8.21. The molecule has 0 saturated carbocycles. The zero-order valence-electron chi connectivity index (χ0n) is 15.1. The third-order valence-electron chi connectivity index (χ3n) is 3.64. The van der Waals surface area contributed by atoms with Crippen molar-refractivity contribution in [2.45, 2.75) is 19.8 Å². The Morgan fingerprint density at radius 2 is 2.00 bits per heavy atom. The maximum atomic E-state index is 12.1. The van der Waals surface area contributed by atoms with E-state index >= 15 is 0 Å². The van der Waals surface area contributed by atoms with Crippen LogP contribution in [-0.2, 0) is 4.79 Å². The maximum absolute atomic E-state index is 12.1. The van der Waals surface area contributed by atoms with Crippen LogP contribution in [0.4, 0.5) is 0 Å². The molecule has 2 rings (SSSR count). The SMILES string of the molecule is COc1cc(/C=C\C#N)ccc1OC(=O)COc1cccc(C(C)C)c1. The zero-order valence-corrected chi connectivity index (χ0v) is 15.1. The standard InChI is InChI=1S/C21H21NO4/c1-15(2)17-7-4-8-18(13-17)25-14-21(23)26-19-10-9-16(6-5-11-22)12-20(19)24-3/h4-10,12-13,15H,14H2,1-3H3/b6-5-. The summed E-state index contributed by atoms with van der Waals surface area (Å²) in [6.45, 7) is 3.98. The van der Waals surface area contributed by atoms with Crippen LogP contribution in [0.3, 0.4) is 0 Å². The highest BCUT2D eigenvalue weighted by Crippen LogP contribution is 2.29. The average molecular weight is 351 g/mol. The van der Waals surface area contributed by atoms with E-state index in [0.717, 1.165) is 11.1 Å². The van der Waals surface area contributed by atoms with Gasteiger partial charge in [-0.05, 0) is 47.4 Å². The fraction of sp³-hybridized carbons (Fsp3) is 0.238. The predicted molar refractivity (Wildman–Crippen MR) is 99.3 cm³/mol. The van der Waals surface area contributed by atoms with Crippen molar-refractivity contribution in [2.75, 3.05) is 13.7 Å². The van der Waals surface area contributed by atoms with E-state index in [1.54, 1.807) is 30.3 Å². The molecule has 0 saturated heterocycles. The number of allylic oxidation sites excluding steroid dienone is 1. The summed E-state index contributed by atoms with van der Waals surface area (Å²) in [6, 6.07) is 14.6. The number of ether oxygens (including phenoxy) is 3. The fourth-order valence-corrected chi connectivity index (χ4v) is 2.26. The monoisotopic (exact) mass is 351 g/mol. The Hall–Kier alpha value is -3.26. The number of hydrogen-bond donors (Lipinski definition) is 0. The highest BCUT2D eigenvalue weighted by Gasteiger charge is 2.12. The van der Waals surface area contributed by atoms with Crippen LogP contribution < -0.4 is 14.2 Å². The lowest BCUT2D eigenvalue weighted by Gasteiger charge is -2.12. The van der Waals surface area contributed by atoms with Crippen molar-refractivity contribution in [1.29, 1.82) is 5.26 Å². The molecule has 0 fully saturated rings. The average Bonchev–Trinajstić information content (AvgIpc) is 2.65. The van der Waals surface area contributed by atoms with E-state index in [-0.39, 0.29) is 6.61 Å². The number of esters is 1. The van der Waals surface area contributed by atoms with Gasteiger partial charge in [-0.25, -0.2) is 4.79 Å². The molecule has 0 atom stereocenters. The van der Waals surface area contributed by atoms with Crippen molar-refractivity contribution in [2.24, 2.45) is 0 Å². The summed E-state index contributed by atoms with van der Waals surface area (Å²) >= 11 is 0. The van der Waals surface area contributed by atoms with Gasteiger partial charge in [-0.2, -0.15) is 5.26 Å². The molecule has 5 heteroatoms. The molecule has 0 unspecified atom stereocenters. The topological polar surface area (TPSA) is 68.5 Å². The van der Waals surface area contributed by atoms with Crippen molar-refractivity contribution >= 4 is 12.0 Å². The minimum absolute atomic E-state index is 0.208. The molecule has 0 aliphatic heterocycles. The van der Waals surface area contributed by atoms with Gasteiger partial charge in [0.2, 0.25) is 0 Å². The molecule has 134 valence electrons. The van der Waals surface area contributed by atoms with Gasteiger partial charge in [0.15, 0.2) is 18.1 Å². The maximum Gasteiger partial charge on any atom is 0.349 e. The Kier molecular flexibility index (Phi) is 6.81. The number of carbonyl (C=O) groups excluding carboxylic acids is 1. The van der Waals surface area contributed by atoms with Gasteiger partial charge in [-0.3, -0.25) is 0 Å². The van der Waals surface area contributed by atoms with E-state index in [4.69, 9.17) is 19.5 Å². The molecule has 26 heavy (non-hydrogen) atoms. The molecular weight excluding hydrogens is 330 g/mol. The molecule has 0 amide bonds. The van der Waals surface area contributed by atoms with Crippen molar-refractivity contribution in [3.05, 3.63) is 59.7 Å². The Bertz CT molecular complexity index is 834. The highest BCUT2D eigenvalue weighted by molar-refractivity contribution is 5.75. The van der Waals surface area contributed by atoms with E-state index in [2.05, 4.69) is 13.8 Å². The Morgan fingerprint density at radius 3 is 2.69 bits per heavy atom. The number of nitriles is 1. The lowest BCUT2D eigenvalue weighted by atomic mass is 10.0. The van der Waals surface area contributed by atoms with Crippen LogP contribution in [0.2, 0.25) is 0 Å². The van der Waals surface area contributed by atoms with Crippen LogP contribution in [0.1, 0.15) is 30.9 Å². The lowest BCUT2D eigenvalue weighted by molar-refractivity contribution is -0.136. The molecule has 0 aromatic heterocycles. The van der Waals surface area contributed by atoms with Gasteiger partial charge in [-0.15, -0.1) is 0 Å². The first-order chi connectivity index (χ1) is 12.5. The van der Waals surface area contributed by atoms with E-state index in [9.17, 15) is 4.79 Å². The molecular formula is C21H21NO4. The van der Waals surface area contributed by atoms with Crippen molar-refractivity contribution in [1.82, 2.24) is 0 Å². The number of hydrogen-bond acceptors (Lipinski definition) is 5. The third-order valence-corrected chi connectivity index (χ3v) is 3.64. The highest BCUT2D eigenvalue weighted by atomic mass is 16.6. The van der Waals surface area contributed by atoms with E-state index in [1.807, 2.05) is 24.3 Å². The van der Waals surface area contributed by atoms with Crippen LogP contribution in [-0.4, -0.2) is 19.7 Å². The molecule has 2 aromatic carbocycles. The first kappa shape index (κ1) is 19.1. The van der Waals surface area contributed by atoms with Crippen LogP contribution in [0.5, 0.6) is 17.2 Å². The van der Waals surface area contributed by atoms with E-state index < -0.39 is 5.97 Å². The molecule has 0 spiro atoms. The number of methoxy groups -OCH3 is 1. The van der Waals surface area contributed by atoms with Gasteiger partial charge in [0, 0.05) is 6.08 Å². The molecule has 0 N–H and O–H groups in total. The summed E-state index contributed by atoms with van der Waals surface area (Å²) < 4.78 is 16.1. The summed E-state index contributed by atoms with van der Waals surface area (Å²) in [7, 11) is 1.48. The molecule has 2 aromatic rings. The molecule has 0 aliphatic rings. The van der Waals surface area contributed by atoms with Gasteiger partial charge in [0.1, 0.15) is 5.75 Å². The van der Waals surface area contributed by atoms with E-state index in [0.29, 0.717) is 23.2 Å².